The number of nitrogens with zero attached hydrogens (tertiary/aromatic N) is 4. The molecule has 0 spiro atoms. The Morgan fingerprint density at radius 1 is 0.921 bits per heavy atom. The Kier molecular flexibility index (Phi) is 6.95. The van der Waals surface area contributed by atoms with Crippen molar-refractivity contribution in [3.63, 3.8) is 0 Å². The molecule has 0 aliphatic carbocycles. The van der Waals surface area contributed by atoms with Gasteiger partial charge in [-0.1, -0.05) is 18.2 Å². The summed E-state index contributed by atoms with van der Waals surface area (Å²) in [6.45, 7) is 6.65. The van der Waals surface area contributed by atoms with E-state index in [1.54, 1.807) is 0 Å². The zero-order valence-corrected chi connectivity index (χ0v) is 21.6. The maximum atomic E-state index is 5.92. The van der Waals surface area contributed by atoms with Gasteiger partial charge < -0.3 is 19.8 Å². The van der Waals surface area contributed by atoms with Gasteiger partial charge in [0.1, 0.15) is 23.9 Å². The van der Waals surface area contributed by atoms with Crippen LogP contribution in [-0.2, 0) is 6.54 Å². The van der Waals surface area contributed by atoms with Crippen molar-refractivity contribution < 1.29 is 9.15 Å². The van der Waals surface area contributed by atoms with Crippen LogP contribution in [0.4, 0.5) is 17.3 Å². The zero-order chi connectivity index (χ0) is 25.7. The maximum Gasteiger partial charge on any atom is 0.247 e. The van der Waals surface area contributed by atoms with E-state index in [1.165, 1.54) is 25.9 Å². The fourth-order valence-corrected chi connectivity index (χ4v) is 4.80. The summed E-state index contributed by atoms with van der Waals surface area (Å²) < 4.78 is 13.5. The van der Waals surface area contributed by atoms with Gasteiger partial charge in [0.05, 0.1) is 12.2 Å². The van der Waals surface area contributed by atoms with Gasteiger partial charge in [0.2, 0.25) is 5.95 Å². The number of benzene rings is 2. The van der Waals surface area contributed by atoms with E-state index in [0.29, 0.717) is 19.1 Å². The lowest BCUT2D eigenvalue weighted by Gasteiger charge is -2.15. The van der Waals surface area contributed by atoms with Crippen molar-refractivity contribution in [2.75, 3.05) is 36.9 Å². The molecule has 0 bridgehead atoms. The van der Waals surface area contributed by atoms with Crippen molar-refractivity contribution in [2.45, 2.75) is 26.3 Å². The molecule has 5 aromatic rings. The third-order valence-electron chi connectivity index (χ3n) is 6.77. The summed E-state index contributed by atoms with van der Waals surface area (Å²) in [6, 6.07) is 26.2. The molecule has 2 aromatic carbocycles. The average Bonchev–Trinajstić information content (AvgIpc) is 3.70. The van der Waals surface area contributed by atoms with Gasteiger partial charge >= 0.3 is 0 Å². The van der Waals surface area contributed by atoms with E-state index >= 15 is 0 Å². The summed E-state index contributed by atoms with van der Waals surface area (Å²) >= 11 is 0. The number of rotatable bonds is 10. The molecule has 2 N–H and O–H groups in total. The van der Waals surface area contributed by atoms with Gasteiger partial charge in [0.25, 0.3) is 0 Å². The Balaban J connectivity index is 1.13. The first-order valence-electron chi connectivity index (χ1n) is 13.2. The predicted molar refractivity (Wildman–Crippen MR) is 150 cm³/mol. The second kappa shape index (κ2) is 11.0. The van der Waals surface area contributed by atoms with Crippen LogP contribution < -0.4 is 15.4 Å². The van der Waals surface area contributed by atoms with Crippen molar-refractivity contribution in [2.24, 2.45) is 0 Å². The average molecular weight is 509 g/mol. The molecule has 0 saturated carbocycles. The fourth-order valence-electron chi connectivity index (χ4n) is 4.80. The van der Waals surface area contributed by atoms with Crippen LogP contribution in [0, 0.1) is 6.92 Å². The third kappa shape index (κ3) is 5.65. The number of furan rings is 1. The van der Waals surface area contributed by atoms with Gasteiger partial charge in [0.15, 0.2) is 5.65 Å². The standard InChI is InChI=1S/C30H32N6O2/c1-22-10-13-27(38-22)21-31-25-7-4-6-23(20-25)28-8-5-9-29-33-30(34-36(28)29)32-24-11-14-26(15-12-24)37-19-18-35-16-2-3-17-35/h4-15,20,31H,2-3,16-19,21H2,1H3,(H,32,34). The molecule has 38 heavy (non-hydrogen) atoms. The minimum atomic E-state index is 0.544. The van der Waals surface area contributed by atoms with Gasteiger partial charge in [0, 0.05) is 23.5 Å². The summed E-state index contributed by atoms with van der Waals surface area (Å²) in [5, 5.41) is 11.5. The normalized spacial score (nSPS) is 13.7. The molecular formula is C30H32N6O2. The highest BCUT2D eigenvalue weighted by atomic mass is 16.5. The van der Waals surface area contributed by atoms with Crippen LogP contribution in [0.2, 0.25) is 0 Å². The predicted octanol–water partition coefficient (Wildman–Crippen LogP) is 6.13. The van der Waals surface area contributed by atoms with E-state index in [4.69, 9.17) is 14.3 Å². The Bertz CT molecular complexity index is 1500. The van der Waals surface area contributed by atoms with E-state index < -0.39 is 0 Å². The van der Waals surface area contributed by atoms with E-state index in [2.05, 4.69) is 38.7 Å². The highest BCUT2D eigenvalue weighted by Crippen LogP contribution is 2.25. The van der Waals surface area contributed by atoms with Crippen molar-refractivity contribution in [3.8, 4) is 17.0 Å². The molecule has 0 atom stereocenters. The van der Waals surface area contributed by atoms with E-state index in [0.717, 1.165) is 52.1 Å². The number of pyridine rings is 1. The van der Waals surface area contributed by atoms with Gasteiger partial charge in [-0.3, -0.25) is 4.90 Å². The fraction of sp³-hybridized carbons (Fsp3) is 0.267. The molecular weight excluding hydrogens is 476 g/mol. The molecule has 4 heterocycles. The maximum absolute atomic E-state index is 5.92. The van der Waals surface area contributed by atoms with Crippen LogP contribution in [0.25, 0.3) is 16.9 Å². The first kappa shape index (κ1) is 24.1. The second-order valence-electron chi connectivity index (χ2n) is 9.61. The highest BCUT2D eigenvalue weighted by molar-refractivity contribution is 5.68. The first-order valence-corrected chi connectivity index (χ1v) is 13.2. The summed E-state index contributed by atoms with van der Waals surface area (Å²) in [4.78, 5) is 7.14. The molecule has 1 aliphatic rings. The molecule has 194 valence electrons. The molecule has 0 unspecified atom stereocenters. The van der Waals surface area contributed by atoms with Crippen LogP contribution in [0.15, 0.2) is 83.3 Å². The van der Waals surface area contributed by atoms with Gasteiger partial charge in [-0.15, -0.1) is 5.10 Å². The number of hydrogen-bond acceptors (Lipinski definition) is 7. The lowest BCUT2D eigenvalue weighted by atomic mass is 10.1. The van der Waals surface area contributed by atoms with Crippen molar-refractivity contribution in [1.29, 1.82) is 0 Å². The monoisotopic (exact) mass is 508 g/mol. The van der Waals surface area contributed by atoms with Gasteiger partial charge in [-0.2, -0.15) is 4.98 Å². The minimum Gasteiger partial charge on any atom is -0.492 e. The minimum absolute atomic E-state index is 0.544. The smallest absolute Gasteiger partial charge is 0.247 e. The molecule has 0 radical (unpaired) electrons. The number of aromatic nitrogens is 3. The Morgan fingerprint density at radius 3 is 2.58 bits per heavy atom. The van der Waals surface area contributed by atoms with Crippen molar-refractivity contribution in [1.82, 2.24) is 19.5 Å². The molecule has 0 amide bonds. The number of hydrogen-bond donors (Lipinski definition) is 2. The molecule has 1 saturated heterocycles. The van der Waals surface area contributed by atoms with Gasteiger partial charge in [-0.05, 0) is 93.5 Å². The second-order valence-corrected chi connectivity index (χ2v) is 9.61. The molecule has 8 nitrogen and oxygen atoms in total. The molecule has 8 heteroatoms. The topological polar surface area (TPSA) is 79.9 Å². The number of aryl methyl sites for hydroxylation is 1. The number of anilines is 3. The Labute approximate surface area is 222 Å². The van der Waals surface area contributed by atoms with Crippen LogP contribution in [0.3, 0.4) is 0 Å². The summed E-state index contributed by atoms with van der Waals surface area (Å²) in [6.07, 6.45) is 2.60. The Hall–Kier alpha value is -4.30. The molecule has 3 aromatic heterocycles. The van der Waals surface area contributed by atoms with E-state index in [9.17, 15) is 0 Å². The van der Waals surface area contributed by atoms with Gasteiger partial charge in [-0.25, -0.2) is 4.52 Å². The third-order valence-corrected chi connectivity index (χ3v) is 6.77. The van der Waals surface area contributed by atoms with E-state index in [-0.39, 0.29) is 0 Å². The highest BCUT2D eigenvalue weighted by Gasteiger charge is 2.12. The number of ether oxygens (including phenoxy) is 1. The quantitative estimate of drug-likeness (QED) is 0.235. The molecule has 1 aliphatic heterocycles. The number of fused-ring (bicyclic) bond motifs is 1. The lowest BCUT2D eigenvalue weighted by molar-refractivity contribution is 0.238. The SMILES string of the molecule is Cc1ccc(CNc2cccc(-c3cccc4nc(Nc5ccc(OCCN6CCCC6)cc5)nn34)c2)o1. The number of likely N-dealkylation sites (tertiary alicyclic amines) is 1. The lowest BCUT2D eigenvalue weighted by Crippen LogP contribution is -2.25. The van der Waals surface area contributed by atoms with Crippen molar-refractivity contribution >= 4 is 23.0 Å². The summed E-state index contributed by atoms with van der Waals surface area (Å²) in [7, 11) is 0. The van der Waals surface area contributed by atoms with Crippen LogP contribution in [0.5, 0.6) is 5.75 Å². The number of nitrogens with one attached hydrogen (secondary N) is 2. The van der Waals surface area contributed by atoms with Crippen molar-refractivity contribution in [3.05, 3.63) is 90.4 Å². The van der Waals surface area contributed by atoms with Crippen LogP contribution >= 0.6 is 0 Å². The summed E-state index contributed by atoms with van der Waals surface area (Å²) in [5.74, 6) is 3.23. The molecule has 1 fully saturated rings. The molecule has 6 rings (SSSR count). The first-order chi connectivity index (χ1) is 18.7. The Morgan fingerprint density at radius 2 is 1.76 bits per heavy atom. The summed E-state index contributed by atoms with van der Waals surface area (Å²) in [5.41, 5.74) is 4.70. The zero-order valence-electron chi connectivity index (χ0n) is 21.6. The van der Waals surface area contributed by atoms with Crippen LogP contribution in [-0.4, -0.2) is 45.7 Å². The van der Waals surface area contributed by atoms with Crippen LogP contribution in [0.1, 0.15) is 24.4 Å². The van der Waals surface area contributed by atoms with E-state index in [1.807, 2.05) is 72.1 Å². The largest absolute Gasteiger partial charge is 0.492 e.